The summed E-state index contributed by atoms with van der Waals surface area (Å²) in [6.45, 7) is 2.56. The van der Waals surface area contributed by atoms with Gasteiger partial charge in [0.05, 0.1) is 0 Å². The Hall–Kier alpha value is 0.444. The van der Waals surface area contributed by atoms with Gasteiger partial charge in [-0.3, -0.25) is 11.7 Å². The van der Waals surface area contributed by atoms with Crippen molar-refractivity contribution in [3.8, 4) is 0 Å². The first kappa shape index (κ1) is 16.1. The number of rotatable bonds is 0. The van der Waals surface area contributed by atoms with Crippen molar-refractivity contribution in [2.75, 3.05) is 0 Å². The molecule has 3 heteroatoms. The number of carboxylic acid groups (broad SMARTS) is 1. The van der Waals surface area contributed by atoms with Crippen LogP contribution in [0.15, 0.2) is 0 Å². The number of aliphatic carboxylic acids is 1. The van der Waals surface area contributed by atoms with Crippen LogP contribution >= 0.6 is 0 Å². The van der Waals surface area contributed by atoms with Crippen molar-refractivity contribution < 1.29 is 42.6 Å². The van der Waals surface area contributed by atoms with Crippen molar-refractivity contribution in [1.29, 1.82) is 0 Å². The molecule has 0 aliphatic carbocycles. The van der Waals surface area contributed by atoms with E-state index >= 15 is 0 Å². The van der Waals surface area contributed by atoms with E-state index in [1.54, 1.807) is 0 Å². The second-order valence-corrected chi connectivity index (χ2v) is 0.394. The molecule has 0 atom stereocenters. The van der Waals surface area contributed by atoms with Crippen LogP contribution in [0.1, 0.15) is 0 Å². The molecule has 35 valence electrons. The molecule has 1 N–H and O–H groups in total. The number of hydrogen-bond donors (Lipinski definition) is 1. The molecule has 0 saturated carbocycles. The van der Waals surface area contributed by atoms with Crippen molar-refractivity contribution in [2.24, 2.45) is 0 Å². The first-order valence-corrected chi connectivity index (χ1v) is 0.781. The minimum absolute atomic E-state index is 0. The summed E-state index contributed by atoms with van der Waals surface area (Å²) in [5.74, 6) is -1.08. The smallest absolute Gasteiger partial charge is 0.161 e. The van der Waals surface area contributed by atoms with Gasteiger partial charge in [0, 0.05) is 32.7 Å². The van der Waals surface area contributed by atoms with Gasteiger partial charge in [0.2, 0.25) is 0 Å². The Morgan fingerprint density at radius 3 is 1.67 bits per heavy atom. The summed E-state index contributed by atoms with van der Waals surface area (Å²) in [7, 11) is 0. The summed E-state index contributed by atoms with van der Waals surface area (Å²) in [5.41, 5.74) is 0. The van der Waals surface area contributed by atoms with Gasteiger partial charge in [0.1, 0.15) is 0 Å². The van der Waals surface area contributed by atoms with E-state index in [1.165, 1.54) is 0 Å². The molecule has 0 aliphatic heterocycles. The van der Waals surface area contributed by atoms with Crippen molar-refractivity contribution in [2.45, 2.75) is 0 Å². The fourth-order valence-corrected chi connectivity index (χ4v) is 0. The molecule has 0 aliphatic rings. The molecular formula is C3H6O2Y-2. The van der Waals surface area contributed by atoms with Crippen LogP contribution in [0.25, 0.3) is 0 Å². The molecule has 6 heavy (non-hydrogen) atoms. The van der Waals surface area contributed by atoms with Crippen molar-refractivity contribution in [3.63, 3.8) is 0 Å². The predicted molar refractivity (Wildman–Crippen MR) is 19.4 cm³/mol. The first-order chi connectivity index (χ1) is 1.73. The van der Waals surface area contributed by atoms with E-state index in [2.05, 4.69) is 6.92 Å². The topological polar surface area (TPSA) is 37.3 Å². The number of hydrogen-bond acceptors (Lipinski definition) is 1. The Bertz CT molecular complexity index is 31.8. The Kier molecular flexibility index (Phi) is 24.3. The summed E-state index contributed by atoms with van der Waals surface area (Å²) in [5, 5.41) is 7.31. The van der Waals surface area contributed by atoms with Crippen LogP contribution in [0.3, 0.4) is 0 Å². The van der Waals surface area contributed by atoms with E-state index in [-0.39, 0.29) is 40.1 Å². The minimum Gasteiger partial charge on any atom is -0.503 e. The second-order valence-electron chi connectivity index (χ2n) is 0.394. The van der Waals surface area contributed by atoms with Crippen LogP contribution < -0.4 is 0 Å². The molecule has 0 aromatic carbocycles. The molecular weight excluding hydrogens is 157 g/mol. The Morgan fingerprint density at radius 2 is 1.67 bits per heavy atom. The molecule has 0 amide bonds. The molecule has 0 aromatic heterocycles. The number of carbonyl (C=O) groups is 1. The van der Waals surface area contributed by atoms with E-state index in [1.807, 2.05) is 0 Å². The van der Waals surface area contributed by atoms with Crippen molar-refractivity contribution in [1.82, 2.24) is 0 Å². The molecule has 0 unspecified atom stereocenters. The molecule has 0 rings (SSSR count). The molecule has 0 fully saturated rings. The zero-order valence-corrected chi connectivity index (χ0v) is 6.48. The van der Waals surface area contributed by atoms with Crippen LogP contribution in [0.5, 0.6) is 0 Å². The third kappa shape index (κ3) is 267. The minimum atomic E-state index is -1.08. The average molecular weight is 163 g/mol. The third-order valence-corrected chi connectivity index (χ3v) is 0. The van der Waals surface area contributed by atoms with Gasteiger partial charge in [-0.05, 0) is 0 Å². The van der Waals surface area contributed by atoms with E-state index in [4.69, 9.17) is 9.90 Å². The second kappa shape index (κ2) is 9.06. The summed E-state index contributed by atoms with van der Waals surface area (Å²) >= 11 is 0. The van der Waals surface area contributed by atoms with E-state index in [0.717, 1.165) is 0 Å². The summed E-state index contributed by atoms with van der Waals surface area (Å²) < 4.78 is 0. The third-order valence-electron chi connectivity index (χ3n) is 0. The largest absolute Gasteiger partial charge is 0.503 e. The van der Waals surface area contributed by atoms with Gasteiger partial charge in [-0.2, -0.15) is 0 Å². The predicted octanol–water partition coefficient (Wildman–Crippen LogP) is 0.353. The quantitative estimate of drug-likeness (QED) is 0.523. The van der Waals surface area contributed by atoms with Crippen LogP contribution in [0.2, 0.25) is 0 Å². The molecule has 0 aromatic rings. The van der Waals surface area contributed by atoms with E-state index in [9.17, 15) is 0 Å². The standard InChI is InChI=1S/C2H3O2.CH3.Y/c1-2(3)4;;/h1H2,(H,3,4);1H3;/q2*-1;. The zero-order valence-electron chi connectivity index (χ0n) is 3.64. The van der Waals surface area contributed by atoms with Crippen LogP contribution in [0.4, 0.5) is 0 Å². The molecule has 1 radical (unpaired) electrons. The van der Waals surface area contributed by atoms with E-state index < -0.39 is 5.97 Å². The Morgan fingerprint density at radius 1 is 1.67 bits per heavy atom. The zero-order chi connectivity index (χ0) is 3.58. The van der Waals surface area contributed by atoms with Crippen LogP contribution in [0, 0.1) is 14.4 Å². The van der Waals surface area contributed by atoms with Crippen molar-refractivity contribution in [3.05, 3.63) is 14.4 Å². The van der Waals surface area contributed by atoms with Gasteiger partial charge >= 0.3 is 0 Å². The van der Waals surface area contributed by atoms with Gasteiger partial charge in [0.25, 0.3) is 0 Å². The Labute approximate surface area is 62.8 Å². The fourth-order valence-electron chi connectivity index (χ4n) is 0. The first-order valence-electron chi connectivity index (χ1n) is 0.781. The number of carboxylic acids is 1. The molecule has 2 nitrogen and oxygen atoms in total. The maximum atomic E-state index is 8.89. The Balaban J connectivity index is -0.0000000450. The molecule has 0 spiro atoms. The maximum absolute atomic E-state index is 8.89. The summed E-state index contributed by atoms with van der Waals surface area (Å²) in [6.07, 6.45) is 0. The summed E-state index contributed by atoms with van der Waals surface area (Å²) in [6, 6.07) is 0. The normalized spacial score (nSPS) is 4.00. The maximum Gasteiger partial charge on any atom is 0.161 e. The van der Waals surface area contributed by atoms with Gasteiger partial charge < -0.3 is 12.5 Å². The molecule has 0 heterocycles. The molecule has 0 bridgehead atoms. The fraction of sp³-hybridized carbons (Fsp3) is 0. The van der Waals surface area contributed by atoms with Gasteiger partial charge in [-0.25, -0.2) is 0 Å². The summed E-state index contributed by atoms with van der Waals surface area (Å²) in [4.78, 5) is 8.89. The molecule has 0 saturated heterocycles. The van der Waals surface area contributed by atoms with Gasteiger partial charge in [-0.1, -0.05) is 0 Å². The van der Waals surface area contributed by atoms with Crippen LogP contribution in [-0.2, 0) is 37.5 Å². The monoisotopic (exact) mass is 163 g/mol. The van der Waals surface area contributed by atoms with Gasteiger partial charge in [-0.15, -0.1) is 0 Å². The van der Waals surface area contributed by atoms with E-state index in [0.29, 0.717) is 0 Å². The average Bonchev–Trinajstić information content (AvgIpc) is 0.811. The van der Waals surface area contributed by atoms with Gasteiger partial charge in [0.15, 0.2) is 5.97 Å². The van der Waals surface area contributed by atoms with Crippen LogP contribution in [-0.4, -0.2) is 11.1 Å². The van der Waals surface area contributed by atoms with Crippen molar-refractivity contribution >= 4 is 5.97 Å². The SMILES string of the molecule is [CH2-]C(=O)O.[CH3-].[Y].